The largest absolute Gasteiger partial charge is 0.378 e. The fraction of sp³-hybridized carbons (Fsp3) is 0.276. The molecule has 0 unspecified atom stereocenters. The third-order valence-corrected chi connectivity index (χ3v) is 7.43. The number of anilines is 3. The molecule has 1 aromatic heterocycles. The van der Waals surface area contributed by atoms with Gasteiger partial charge < -0.3 is 26.0 Å². The molecule has 2 amide bonds. The molecule has 2 fully saturated rings. The second kappa shape index (κ2) is 9.92. The maximum Gasteiger partial charge on any atom is 0.255 e. The van der Waals surface area contributed by atoms with Crippen molar-refractivity contribution < 1.29 is 14.3 Å². The first-order valence-electron chi connectivity index (χ1n) is 12.9. The summed E-state index contributed by atoms with van der Waals surface area (Å²) in [5.41, 5.74) is 10.3. The van der Waals surface area contributed by atoms with E-state index in [4.69, 9.17) is 10.5 Å². The standard InChI is InChI=1S/C29H30N6O3/c30-19-29(11-12-29)28(37)33-22-3-8-25(9-4-22)35-26-10-5-23(17-21(26)18-31-35)32-27(36)20-1-6-24(7-2-20)34-13-15-38-16-14-34/h1-10,17-18H,11-16,19,30H2,(H,32,36)(H,33,37). The summed E-state index contributed by atoms with van der Waals surface area (Å²) in [5, 5.41) is 11.4. The fourth-order valence-corrected chi connectivity index (χ4v) is 4.79. The van der Waals surface area contributed by atoms with Crippen molar-refractivity contribution in [3.8, 4) is 5.69 Å². The Balaban J connectivity index is 1.13. The zero-order chi connectivity index (χ0) is 26.1. The highest BCUT2D eigenvalue weighted by Crippen LogP contribution is 2.45. The summed E-state index contributed by atoms with van der Waals surface area (Å²) in [6.07, 6.45) is 3.46. The average molecular weight is 511 g/mol. The van der Waals surface area contributed by atoms with Gasteiger partial charge in [-0.2, -0.15) is 5.10 Å². The summed E-state index contributed by atoms with van der Waals surface area (Å²) >= 11 is 0. The molecular formula is C29H30N6O3. The van der Waals surface area contributed by atoms with Crippen LogP contribution in [0.4, 0.5) is 17.1 Å². The van der Waals surface area contributed by atoms with Gasteiger partial charge in [0.2, 0.25) is 5.91 Å². The van der Waals surface area contributed by atoms with Crippen molar-refractivity contribution >= 4 is 39.8 Å². The quantitative estimate of drug-likeness (QED) is 0.349. The first-order valence-corrected chi connectivity index (χ1v) is 12.9. The molecule has 0 spiro atoms. The third kappa shape index (κ3) is 4.73. The van der Waals surface area contributed by atoms with Gasteiger partial charge >= 0.3 is 0 Å². The molecule has 2 heterocycles. The molecule has 2 aliphatic rings. The molecule has 1 saturated carbocycles. The van der Waals surface area contributed by atoms with E-state index in [2.05, 4.69) is 20.6 Å². The first kappa shape index (κ1) is 24.1. The van der Waals surface area contributed by atoms with Crippen molar-refractivity contribution in [2.45, 2.75) is 12.8 Å². The number of aromatic nitrogens is 2. The van der Waals surface area contributed by atoms with Crippen molar-refractivity contribution in [3.05, 3.63) is 78.5 Å². The molecule has 9 heteroatoms. The Morgan fingerprint density at radius 2 is 1.58 bits per heavy atom. The summed E-state index contributed by atoms with van der Waals surface area (Å²) in [6, 6.07) is 20.9. The van der Waals surface area contributed by atoms with Crippen molar-refractivity contribution in [1.82, 2.24) is 9.78 Å². The Morgan fingerprint density at radius 3 is 2.26 bits per heavy atom. The van der Waals surface area contributed by atoms with E-state index in [1.54, 1.807) is 6.20 Å². The number of nitrogens with two attached hydrogens (primary N) is 1. The molecule has 0 bridgehead atoms. The van der Waals surface area contributed by atoms with E-state index in [9.17, 15) is 9.59 Å². The van der Waals surface area contributed by atoms with Crippen LogP contribution in [0.3, 0.4) is 0 Å². The lowest BCUT2D eigenvalue weighted by molar-refractivity contribution is -0.120. The maximum atomic E-state index is 12.9. The molecule has 1 aliphatic carbocycles. The molecule has 0 radical (unpaired) electrons. The van der Waals surface area contributed by atoms with E-state index >= 15 is 0 Å². The molecule has 3 aromatic carbocycles. The van der Waals surface area contributed by atoms with Crippen LogP contribution >= 0.6 is 0 Å². The zero-order valence-electron chi connectivity index (χ0n) is 21.0. The molecule has 1 saturated heterocycles. The second-order valence-electron chi connectivity index (χ2n) is 9.92. The summed E-state index contributed by atoms with van der Waals surface area (Å²) in [5.74, 6) is -0.176. The van der Waals surface area contributed by atoms with Gasteiger partial charge in [-0.1, -0.05) is 0 Å². The highest BCUT2D eigenvalue weighted by atomic mass is 16.5. The van der Waals surface area contributed by atoms with Crippen LogP contribution in [0.5, 0.6) is 0 Å². The Bertz CT molecular complexity index is 1470. The lowest BCUT2D eigenvalue weighted by Crippen LogP contribution is -2.36. The summed E-state index contributed by atoms with van der Waals surface area (Å²) in [7, 11) is 0. The van der Waals surface area contributed by atoms with Crippen LogP contribution in [-0.2, 0) is 9.53 Å². The van der Waals surface area contributed by atoms with E-state index in [1.165, 1.54) is 0 Å². The number of amides is 2. The number of ether oxygens (including phenoxy) is 1. The Kier molecular flexibility index (Phi) is 6.30. The van der Waals surface area contributed by atoms with E-state index in [-0.39, 0.29) is 11.8 Å². The van der Waals surface area contributed by atoms with Gasteiger partial charge in [0.25, 0.3) is 5.91 Å². The van der Waals surface area contributed by atoms with Gasteiger partial charge in [0.05, 0.1) is 36.0 Å². The van der Waals surface area contributed by atoms with E-state index in [0.717, 1.165) is 67.1 Å². The summed E-state index contributed by atoms with van der Waals surface area (Å²) in [6.45, 7) is 3.53. The Morgan fingerprint density at radius 1 is 0.895 bits per heavy atom. The second-order valence-corrected chi connectivity index (χ2v) is 9.92. The van der Waals surface area contributed by atoms with Crippen LogP contribution in [0.25, 0.3) is 16.6 Å². The predicted octanol–water partition coefficient (Wildman–Crippen LogP) is 3.79. The molecule has 38 heavy (non-hydrogen) atoms. The van der Waals surface area contributed by atoms with Gasteiger partial charge in [-0.25, -0.2) is 4.68 Å². The van der Waals surface area contributed by atoms with Crippen LogP contribution < -0.4 is 21.3 Å². The molecule has 9 nitrogen and oxygen atoms in total. The lowest BCUT2D eigenvalue weighted by Gasteiger charge is -2.28. The van der Waals surface area contributed by atoms with Gasteiger partial charge in [0, 0.05) is 47.6 Å². The van der Waals surface area contributed by atoms with Gasteiger partial charge in [0.15, 0.2) is 0 Å². The number of hydrogen-bond donors (Lipinski definition) is 3. The highest BCUT2D eigenvalue weighted by molar-refractivity contribution is 6.05. The Hall–Kier alpha value is -4.21. The molecule has 4 N–H and O–H groups in total. The topological polar surface area (TPSA) is 115 Å². The van der Waals surface area contributed by atoms with Crippen molar-refractivity contribution in [2.75, 3.05) is 48.4 Å². The van der Waals surface area contributed by atoms with Gasteiger partial charge in [-0.05, 0) is 79.6 Å². The highest BCUT2D eigenvalue weighted by Gasteiger charge is 2.48. The Labute approximate surface area is 220 Å². The van der Waals surface area contributed by atoms with E-state index in [1.807, 2.05) is 71.4 Å². The van der Waals surface area contributed by atoms with Crippen molar-refractivity contribution in [2.24, 2.45) is 11.1 Å². The van der Waals surface area contributed by atoms with Crippen molar-refractivity contribution in [3.63, 3.8) is 0 Å². The minimum Gasteiger partial charge on any atom is -0.378 e. The monoisotopic (exact) mass is 510 g/mol. The maximum absolute atomic E-state index is 12.9. The molecule has 0 atom stereocenters. The van der Waals surface area contributed by atoms with Gasteiger partial charge in [-0.15, -0.1) is 0 Å². The molecule has 6 rings (SSSR count). The van der Waals surface area contributed by atoms with Crippen LogP contribution in [0.2, 0.25) is 0 Å². The SMILES string of the molecule is NCC1(C(=O)Nc2ccc(-n3ncc4cc(NC(=O)c5ccc(N6CCOCC6)cc5)ccc43)cc2)CC1. The predicted molar refractivity (Wildman–Crippen MR) is 148 cm³/mol. The minimum absolute atomic E-state index is 0.0140. The number of carbonyl (C=O) groups excluding carboxylic acids is 2. The first-order chi connectivity index (χ1) is 18.5. The normalized spacial score (nSPS) is 16.3. The van der Waals surface area contributed by atoms with Crippen LogP contribution in [-0.4, -0.2) is 54.4 Å². The third-order valence-electron chi connectivity index (χ3n) is 7.43. The minimum atomic E-state index is -0.393. The number of hydrogen-bond acceptors (Lipinski definition) is 6. The number of morpholine rings is 1. The van der Waals surface area contributed by atoms with E-state index < -0.39 is 5.41 Å². The smallest absolute Gasteiger partial charge is 0.255 e. The molecule has 194 valence electrons. The number of benzene rings is 3. The van der Waals surface area contributed by atoms with Gasteiger partial charge in [0.1, 0.15) is 0 Å². The van der Waals surface area contributed by atoms with E-state index in [0.29, 0.717) is 17.8 Å². The molecule has 1 aliphatic heterocycles. The number of carbonyl (C=O) groups is 2. The van der Waals surface area contributed by atoms with Crippen LogP contribution in [0.15, 0.2) is 72.9 Å². The molecule has 4 aromatic rings. The average Bonchev–Trinajstić information content (AvgIpc) is 3.67. The number of nitrogens with zero attached hydrogens (tertiary/aromatic N) is 3. The zero-order valence-corrected chi connectivity index (χ0v) is 21.0. The van der Waals surface area contributed by atoms with Gasteiger partial charge in [-0.3, -0.25) is 9.59 Å². The number of fused-ring (bicyclic) bond motifs is 1. The van der Waals surface area contributed by atoms with Crippen LogP contribution in [0, 0.1) is 5.41 Å². The van der Waals surface area contributed by atoms with Crippen molar-refractivity contribution in [1.29, 1.82) is 0 Å². The number of rotatable bonds is 7. The molecular weight excluding hydrogens is 480 g/mol. The number of nitrogens with one attached hydrogen (secondary N) is 2. The summed E-state index contributed by atoms with van der Waals surface area (Å²) in [4.78, 5) is 27.6. The summed E-state index contributed by atoms with van der Waals surface area (Å²) < 4.78 is 7.24. The fourth-order valence-electron chi connectivity index (χ4n) is 4.79. The lowest BCUT2D eigenvalue weighted by atomic mass is 10.1. The van der Waals surface area contributed by atoms with Crippen LogP contribution in [0.1, 0.15) is 23.2 Å².